The molecular formula is C15H14BrNO3S. The summed E-state index contributed by atoms with van der Waals surface area (Å²) in [6, 6.07) is 14.3. The molecule has 110 valence electrons. The molecule has 0 saturated carbocycles. The molecule has 1 N–H and O–H groups in total. The van der Waals surface area contributed by atoms with Gasteiger partial charge in [-0.15, -0.1) is 0 Å². The summed E-state index contributed by atoms with van der Waals surface area (Å²) in [5.41, 5.74) is 1.19. The number of ether oxygens (including phenoxy) is 1. The number of nitrogens with one attached hydrogen (secondary N) is 1. The number of benzene rings is 2. The third-order valence-electron chi connectivity index (χ3n) is 2.65. The zero-order chi connectivity index (χ0) is 15.3. The van der Waals surface area contributed by atoms with Gasteiger partial charge in [0, 0.05) is 4.47 Å². The molecule has 0 bridgehead atoms. The highest BCUT2D eigenvalue weighted by Crippen LogP contribution is 2.28. The van der Waals surface area contributed by atoms with Crippen molar-refractivity contribution in [3.8, 4) is 5.75 Å². The van der Waals surface area contributed by atoms with E-state index >= 15 is 0 Å². The van der Waals surface area contributed by atoms with Crippen LogP contribution in [-0.4, -0.2) is 15.5 Å². The van der Waals surface area contributed by atoms with E-state index in [1.807, 2.05) is 30.3 Å². The van der Waals surface area contributed by atoms with Crippen LogP contribution < -0.4 is 9.46 Å². The van der Waals surface area contributed by atoms with Crippen molar-refractivity contribution in [2.75, 3.05) is 11.8 Å². The van der Waals surface area contributed by atoms with E-state index in [-0.39, 0.29) is 0 Å². The van der Waals surface area contributed by atoms with Crippen LogP contribution in [0.1, 0.15) is 5.56 Å². The maximum absolute atomic E-state index is 12.1. The lowest BCUT2D eigenvalue weighted by Crippen LogP contribution is -2.09. The van der Waals surface area contributed by atoms with Crippen molar-refractivity contribution in [2.45, 2.75) is 0 Å². The van der Waals surface area contributed by atoms with Crippen molar-refractivity contribution in [1.82, 2.24) is 0 Å². The third kappa shape index (κ3) is 4.61. The van der Waals surface area contributed by atoms with Crippen LogP contribution in [0.2, 0.25) is 0 Å². The normalized spacial score (nSPS) is 11.5. The Kier molecular flexibility index (Phi) is 5.03. The van der Waals surface area contributed by atoms with Crippen LogP contribution in [0.5, 0.6) is 5.75 Å². The monoisotopic (exact) mass is 367 g/mol. The highest BCUT2D eigenvalue weighted by atomic mass is 79.9. The fraction of sp³-hybridized carbons (Fsp3) is 0.0667. The average molecular weight is 368 g/mol. The molecule has 0 aliphatic rings. The first-order valence-corrected chi connectivity index (χ1v) is 8.43. The summed E-state index contributed by atoms with van der Waals surface area (Å²) < 4.78 is 32.5. The Morgan fingerprint density at radius 3 is 2.52 bits per heavy atom. The molecule has 0 atom stereocenters. The molecule has 0 heterocycles. The molecule has 6 heteroatoms. The van der Waals surface area contributed by atoms with E-state index in [4.69, 9.17) is 4.74 Å². The molecule has 2 aromatic carbocycles. The molecule has 0 radical (unpaired) electrons. The highest BCUT2D eigenvalue weighted by Gasteiger charge is 2.10. The van der Waals surface area contributed by atoms with Gasteiger partial charge in [-0.3, -0.25) is 4.72 Å². The van der Waals surface area contributed by atoms with Gasteiger partial charge in [0.15, 0.2) is 0 Å². The Bertz CT molecular complexity index is 743. The maximum atomic E-state index is 12.1. The van der Waals surface area contributed by atoms with Crippen LogP contribution in [0.15, 0.2) is 58.4 Å². The van der Waals surface area contributed by atoms with Crippen molar-refractivity contribution < 1.29 is 13.2 Å². The zero-order valence-corrected chi connectivity index (χ0v) is 13.7. The minimum Gasteiger partial charge on any atom is -0.495 e. The molecule has 4 nitrogen and oxygen atoms in total. The largest absolute Gasteiger partial charge is 0.495 e. The molecule has 0 spiro atoms. The minimum absolute atomic E-state index is 0.379. The van der Waals surface area contributed by atoms with Gasteiger partial charge in [0.2, 0.25) is 0 Å². The fourth-order valence-corrected chi connectivity index (χ4v) is 2.91. The van der Waals surface area contributed by atoms with Crippen LogP contribution in [0, 0.1) is 0 Å². The zero-order valence-electron chi connectivity index (χ0n) is 11.3. The second-order valence-corrected chi connectivity index (χ2v) is 6.69. The molecule has 0 amide bonds. The smallest absolute Gasteiger partial charge is 0.255 e. The molecule has 0 unspecified atom stereocenters. The lowest BCUT2D eigenvalue weighted by atomic mass is 10.2. The number of methoxy groups -OCH3 is 1. The van der Waals surface area contributed by atoms with Crippen LogP contribution in [0.25, 0.3) is 6.08 Å². The molecule has 21 heavy (non-hydrogen) atoms. The first kappa shape index (κ1) is 15.6. The number of hydrogen-bond acceptors (Lipinski definition) is 3. The van der Waals surface area contributed by atoms with Crippen molar-refractivity contribution in [2.24, 2.45) is 0 Å². The molecule has 0 aromatic heterocycles. The van der Waals surface area contributed by atoms with Gasteiger partial charge in [0.1, 0.15) is 5.75 Å². The van der Waals surface area contributed by atoms with Gasteiger partial charge >= 0.3 is 0 Å². The van der Waals surface area contributed by atoms with Gasteiger partial charge in [-0.2, -0.15) is 0 Å². The van der Waals surface area contributed by atoms with Crippen molar-refractivity contribution in [3.63, 3.8) is 0 Å². The topological polar surface area (TPSA) is 55.4 Å². The third-order valence-corrected chi connectivity index (χ3v) is 4.15. The Labute approximate surface area is 132 Å². The average Bonchev–Trinajstić information content (AvgIpc) is 2.46. The summed E-state index contributed by atoms with van der Waals surface area (Å²) in [6.07, 6.45) is 1.53. The van der Waals surface area contributed by atoms with Crippen LogP contribution in [-0.2, 0) is 10.0 Å². The number of hydrogen-bond donors (Lipinski definition) is 1. The lowest BCUT2D eigenvalue weighted by molar-refractivity contribution is 0.417. The molecule has 0 fully saturated rings. The predicted molar refractivity (Wildman–Crippen MR) is 88.7 cm³/mol. The molecule has 0 saturated heterocycles. The summed E-state index contributed by atoms with van der Waals surface area (Å²) in [7, 11) is -2.13. The Hall–Kier alpha value is -1.79. The van der Waals surface area contributed by atoms with Crippen molar-refractivity contribution >= 4 is 37.7 Å². The lowest BCUT2D eigenvalue weighted by Gasteiger charge is -2.10. The predicted octanol–water partition coefficient (Wildman–Crippen LogP) is 3.87. The van der Waals surface area contributed by atoms with E-state index in [9.17, 15) is 8.42 Å². The summed E-state index contributed by atoms with van der Waals surface area (Å²) in [5.74, 6) is 0.454. The van der Waals surface area contributed by atoms with Gasteiger partial charge in [-0.25, -0.2) is 8.42 Å². The first-order valence-electron chi connectivity index (χ1n) is 6.10. The van der Waals surface area contributed by atoms with Gasteiger partial charge in [-0.1, -0.05) is 46.3 Å². The van der Waals surface area contributed by atoms with Crippen LogP contribution >= 0.6 is 15.9 Å². The Morgan fingerprint density at radius 1 is 1.14 bits per heavy atom. The Balaban J connectivity index is 2.22. The number of sulfonamides is 1. The quantitative estimate of drug-likeness (QED) is 0.872. The summed E-state index contributed by atoms with van der Waals surface area (Å²) in [6.45, 7) is 0. The summed E-state index contributed by atoms with van der Waals surface area (Å²) in [5, 5.41) is 1.13. The maximum Gasteiger partial charge on any atom is 0.255 e. The SMILES string of the molecule is COc1ccc(Br)cc1NS(=O)(=O)/C=C/c1ccccc1. The second kappa shape index (κ2) is 6.78. The summed E-state index contributed by atoms with van der Waals surface area (Å²) >= 11 is 3.30. The van der Waals surface area contributed by atoms with Gasteiger partial charge in [0.25, 0.3) is 10.0 Å². The standard InChI is InChI=1S/C15H14BrNO3S/c1-20-15-8-7-13(16)11-14(15)17-21(18,19)10-9-12-5-3-2-4-6-12/h2-11,17H,1H3/b10-9+. The van der Waals surface area contributed by atoms with E-state index < -0.39 is 10.0 Å². The van der Waals surface area contributed by atoms with Crippen LogP contribution in [0.4, 0.5) is 5.69 Å². The fourth-order valence-electron chi connectivity index (χ4n) is 1.68. The van der Waals surface area contributed by atoms with E-state index in [2.05, 4.69) is 20.7 Å². The number of halogens is 1. The molecule has 2 aromatic rings. The number of anilines is 1. The molecular weight excluding hydrogens is 354 g/mol. The van der Waals surface area contributed by atoms with Crippen LogP contribution in [0.3, 0.4) is 0 Å². The minimum atomic E-state index is -3.61. The number of rotatable bonds is 5. The van der Waals surface area contributed by atoms with Gasteiger partial charge in [-0.05, 0) is 29.8 Å². The van der Waals surface area contributed by atoms with E-state index in [1.54, 1.807) is 18.2 Å². The van der Waals surface area contributed by atoms with Crippen molar-refractivity contribution in [3.05, 3.63) is 64.0 Å². The van der Waals surface area contributed by atoms with Gasteiger partial charge in [0.05, 0.1) is 18.2 Å². The second-order valence-electron chi connectivity index (χ2n) is 4.21. The molecule has 0 aliphatic heterocycles. The first-order chi connectivity index (χ1) is 10.00. The van der Waals surface area contributed by atoms with E-state index in [0.717, 1.165) is 15.4 Å². The highest BCUT2D eigenvalue weighted by molar-refractivity contribution is 9.10. The molecule has 0 aliphatic carbocycles. The van der Waals surface area contributed by atoms with Gasteiger partial charge < -0.3 is 4.74 Å². The van der Waals surface area contributed by atoms with E-state index in [1.165, 1.54) is 13.2 Å². The van der Waals surface area contributed by atoms with Crippen molar-refractivity contribution in [1.29, 1.82) is 0 Å². The Morgan fingerprint density at radius 2 is 1.86 bits per heavy atom. The van der Waals surface area contributed by atoms with E-state index in [0.29, 0.717) is 11.4 Å². The molecule has 2 rings (SSSR count). The summed E-state index contributed by atoms with van der Waals surface area (Å²) in [4.78, 5) is 0.